The fraction of sp³-hybridized carbons (Fsp3) is 0.133. The lowest BCUT2D eigenvalue weighted by molar-refractivity contribution is 0.342. The molecule has 0 spiro atoms. The zero-order valence-corrected chi connectivity index (χ0v) is 11.0. The molecule has 4 nitrogen and oxygen atoms in total. The third-order valence-electron chi connectivity index (χ3n) is 2.74. The minimum atomic E-state index is -0.455. The van der Waals surface area contributed by atoms with Gasteiger partial charge in [-0.2, -0.15) is 5.26 Å². The zero-order chi connectivity index (χ0) is 14.5. The van der Waals surface area contributed by atoms with Crippen molar-refractivity contribution in [2.45, 2.75) is 6.92 Å². The molecule has 20 heavy (non-hydrogen) atoms. The molecule has 0 saturated carbocycles. The highest BCUT2D eigenvalue weighted by molar-refractivity contribution is 5.79. The SMILES string of the molecule is CCOc1cccc(Nc2ccc(F)cc2C#N)c1N. The van der Waals surface area contributed by atoms with Crippen LogP contribution in [0.25, 0.3) is 0 Å². The number of anilines is 3. The van der Waals surface area contributed by atoms with Gasteiger partial charge in [0.15, 0.2) is 0 Å². The lowest BCUT2D eigenvalue weighted by atomic mass is 10.1. The van der Waals surface area contributed by atoms with E-state index in [-0.39, 0.29) is 5.56 Å². The minimum Gasteiger partial charge on any atom is -0.492 e. The summed E-state index contributed by atoms with van der Waals surface area (Å²) < 4.78 is 18.5. The molecule has 0 bridgehead atoms. The van der Waals surface area contributed by atoms with Crippen LogP contribution in [0.3, 0.4) is 0 Å². The first-order valence-corrected chi connectivity index (χ1v) is 6.13. The summed E-state index contributed by atoms with van der Waals surface area (Å²) in [7, 11) is 0. The molecular weight excluding hydrogens is 257 g/mol. The Bertz CT molecular complexity index is 665. The summed E-state index contributed by atoms with van der Waals surface area (Å²) in [6.07, 6.45) is 0. The number of nitrogens with zero attached hydrogens (tertiary/aromatic N) is 1. The maximum absolute atomic E-state index is 13.1. The second-order valence-electron chi connectivity index (χ2n) is 4.08. The third kappa shape index (κ3) is 2.81. The number of nitrogens with two attached hydrogens (primary N) is 1. The molecule has 0 fully saturated rings. The number of hydrogen-bond acceptors (Lipinski definition) is 4. The van der Waals surface area contributed by atoms with Gasteiger partial charge in [0.2, 0.25) is 0 Å². The van der Waals surface area contributed by atoms with E-state index < -0.39 is 5.82 Å². The number of nitrogens with one attached hydrogen (secondary N) is 1. The smallest absolute Gasteiger partial charge is 0.144 e. The monoisotopic (exact) mass is 271 g/mol. The van der Waals surface area contributed by atoms with E-state index in [1.165, 1.54) is 18.2 Å². The van der Waals surface area contributed by atoms with E-state index in [1.807, 2.05) is 13.0 Å². The van der Waals surface area contributed by atoms with Crippen molar-refractivity contribution in [3.8, 4) is 11.8 Å². The summed E-state index contributed by atoms with van der Waals surface area (Å²) in [6.45, 7) is 2.38. The normalized spacial score (nSPS) is 9.85. The van der Waals surface area contributed by atoms with Crippen molar-refractivity contribution < 1.29 is 9.13 Å². The number of hydrogen-bond donors (Lipinski definition) is 2. The van der Waals surface area contributed by atoms with E-state index in [0.717, 1.165) is 0 Å². The molecule has 0 saturated heterocycles. The van der Waals surface area contributed by atoms with Gasteiger partial charge in [0.05, 0.1) is 29.2 Å². The average molecular weight is 271 g/mol. The summed E-state index contributed by atoms with van der Waals surface area (Å²) in [6, 6.07) is 11.2. The molecule has 0 aliphatic rings. The molecular formula is C15H14FN3O. The Hall–Kier alpha value is -2.74. The van der Waals surface area contributed by atoms with Crippen LogP contribution in [0.2, 0.25) is 0 Å². The second-order valence-corrected chi connectivity index (χ2v) is 4.08. The molecule has 0 aromatic heterocycles. The fourth-order valence-corrected chi connectivity index (χ4v) is 1.80. The van der Waals surface area contributed by atoms with Crippen molar-refractivity contribution in [3.05, 3.63) is 47.8 Å². The van der Waals surface area contributed by atoms with Crippen molar-refractivity contribution in [2.24, 2.45) is 0 Å². The second kappa shape index (κ2) is 5.93. The van der Waals surface area contributed by atoms with Gasteiger partial charge in [-0.15, -0.1) is 0 Å². The first kappa shape index (κ1) is 13.7. The molecule has 102 valence electrons. The van der Waals surface area contributed by atoms with Crippen LogP contribution in [0, 0.1) is 17.1 Å². The summed E-state index contributed by atoms with van der Waals surface area (Å²) in [5.41, 5.74) is 7.76. The van der Waals surface area contributed by atoms with Gasteiger partial charge < -0.3 is 15.8 Å². The van der Waals surface area contributed by atoms with Crippen LogP contribution < -0.4 is 15.8 Å². The largest absolute Gasteiger partial charge is 0.492 e. The molecule has 0 amide bonds. The number of ether oxygens (including phenoxy) is 1. The highest BCUT2D eigenvalue weighted by Crippen LogP contribution is 2.32. The molecule has 5 heteroatoms. The van der Waals surface area contributed by atoms with Crippen molar-refractivity contribution in [2.75, 3.05) is 17.7 Å². The van der Waals surface area contributed by atoms with Crippen LogP contribution in [0.4, 0.5) is 21.5 Å². The Labute approximate surface area is 116 Å². The maximum atomic E-state index is 13.1. The van der Waals surface area contributed by atoms with Crippen molar-refractivity contribution >= 4 is 17.1 Å². The predicted molar refractivity (Wildman–Crippen MR) is 76.4 cm³/mol. The van der Waals surface area contributed by atoms with Gasteiger partial charge in [-0.3, -0.25) is 0 Å². The zero-order valence-electron chi connectivity index (χ0n) is 11.0. The number of benzene rings is 2. The van der Waals surface area contributed by atoms with Gasteiger partial charge in [0.25, 0.3) is 0 Å². The Balaban J connectivity index is 2.36. The Morgan fingerprint density at radius 3 is 2.80 bits per heavy atom. The molecule has 2 aromatic carbocycles. The van der Waals surface area contributed by atoms with Crippen molar-refractivity contribution in [1.29, 1.82) is 5.26 Å². The Kier molecular flexibility index (Phi) is 4.06. The van der Waals surface area contributed by atoms with Gasteiger partial charge in [0, 0.05) is 0 Å². The van der Waals surface area contributed by atoms with Gasteiger partial charge in [-0.25, -0.2) is 4.39 Å². The van der Waals surface area contributed by atoms with Gasteiger partial charge >= 0.3 is 0 Å². The van der Waals surface area contributed by atoms with Gasteiger partial charge in [-0.1, -0.05) is 6.07 Å². The number of halogens is 1. The van der Waals surface area contributed by atoms with Crippen LogP contribution in [0.1, 0.15) is 12.5 Å². The molecule has 0 aliphatic carbocycles. The predicted octanol–water partition coefficient (Wildman–Crippen LogP) is 3.42. The first-order valence-electron chi connectivity index (χ1n) is 6.13. The van der Waals surface area contributed by atoms with Crippen molar-refractivity contribution in [1.82, 2.24) is 0 Å². The standard InChI is InChI=1S/C15H14FN3O/c1-2-20-14-5-3-4-13(15(14)18)19-12-7-6-11(16)8-10(12)9-17/h3-8,19H,2,18H2,1H3. The van der Waals surface area contributed by atoms with Crippen LogP contribution in [0.15, 0.2) is 36.4 Å². The van der Waals surface area contributed by atoms with E-state index in [1.54, 1.807) is 18.2 Å². The highest BCUT2D eigenvalue weighted by atomic mass is 19.1. The van der Waals surface area contributed by atoms with E-state index >= 15 is 0 Å². The van der Waals surface area contributed by atoms with Crippen LogP contribution in [-0.2, 0) is 0 Å². The van der Waals surface area contributed by atoms with E-state index in [9.17, 15) is 4.39 Å². The molecule has 2 aromatic rings. The van der Waals surface area contributed by atoms with Crippen LogP contribution in [0.5, 0.6) is 5.75 Å². The average Bonchev–Trinajstić information content (AvgIpc) is 2.45. The van der Waals surface area contributed by atoms with Crippen LogP contribution in [-0.4, -0.2) is 6.61 Å². The first-order chi connectivity index (χ1) is 9.65. The topological polar surface area (TPSA) is 71.1 Å². The summed E-state index contributed by atoms with van der Waals surface area (Å²) >= 11 is 0. The summed E-state index contributed by atoms with van der Waals surface area (Å²) in [4.78, 5) is 0. The maximum Gasteiger partial charge on any atom is 0.144 e. The minimum absolute atomic E-state index is 0.214. The number of nitrogen functional groups attached to an aromatic ring is 1. The fourth-order valence-electron chi connectivity index (χ4n) is 1.80. The van der Waals surface area contributed by atoms with Crippen LogP contribution >= 0.6 is 0 Å². The van der Waals surface area contributed by atoms with E-state index in [0.29, 0.717) is 29.4 Å². The Morgan fingerprint density at radius 1 is 1.30 bits per heavy atom. The van der Waals surface area contributed by atoms with Crippen molar-refractivity contribution in [3.63, 3.8) is 0 Å². The van der Waals surface area contributed by atoms with Gasteiger partial charge in [-0.05, 0) is 37.3 Å². The molecule has 0 unspecified atom stereocenters. The quantitative estimate of drug-likeness (QED) is 0.836. The Morgan fingerprint density at radius 2 is 2.10 bits per heavy atom. The molecule has 0 radical (unpaired) electrons. The molecule has 3 N–H and O–H groups in total. The third-order valence-corrected chi connectivity index (χ3v) is 2.74. The van der Waals surface area contributed by atoms with E-state index in [2.05, 4.69) is 5.32 Å². The molecule has 2 rings (SSSR count). The molecule has 0 heterocycles. The van der Waals surface area contributed by atoms with E-state index in [4.69, 9.17) is 15.7 Å². The lowest BCUT2D eigenvalue weighted by Gasteiger charge is -2.14. The number of nitriles is 1. The molecule has 0 atom stereocenters. The number of para-hydroxylation sites is 1. The van der Waals surface area contributed by atoms with Gasteiger partial charge in [0.1, 0.15) is 17.6 Å². The highest BCUT2D eigenvalue weighted by Gasteiger charge is 2.09. The summed E-state index contributed by atoms with van der Waals surface area (Å²) in [5, 5.41) is 12.0. The summed E-state index contributed by atoms with van der Waals surface area (Å²) in [5.74, 6) is 0.112. The molecule has 0 aliphatic heterocycles. The number of rotatable bonds is 4. The lowest BCUT2D eigenvalue weighted by Crippen LogP contribution is -2.02.